The van der Waals surface area contributed by atoms with Crippen LogP contribution >= 0.6 is 0 Å². The highest BCUT2D eigenvalue weighted by atomic mass is 14.9. The summed E-state index contributed by atoms with van der Waals surface area (Å²) in [7, 11) is 0. The normalized spacial score (nSPS) is 10.1. The number of hydrogen-bond donors (Lipinski definition) is 1. The molecule has 0 saturated heterocycles. The molecule has 0 aliphatic carbocycles. The lowest BCUT2D eigenvalue weighted by atomic mass is 10.0. The Morgan fingerprint density at radius 2 is 1.83 bits per heavy atom. The molecule has 0 radical (unpaired) electrons. The van der Waals surface area contributed by atoms with Gasteiger partial charge in [-0.25, -0.2) is 0 Å². The molecule has 0 aliphatic heterocycles. The van der Waals surface area contributed by atoms with Crippen LogP contribution in [0.3, 0.4) is 0 Å². The van der Waals surface area contributed by atoms with E-state index < -0.39 is 0 Å². The largest absolute Gasteiger partial charge is 0.354 e. The van der Waals surface area contributed by atoms with E-state index in [0.29, 0.717) is 11.5 Å². The van der Waals surface area contributed by atoms with Crippen LogP contribution in [0.1, 0.15) is 30.9 Å². The predicted octanol–water partition coefficient (Wildman–Crippen LogP) is 4.43. The summed E-state index contributed by atoms with van der Waals surface area (Å²) in [5, 5.41) is 12.3. The fraction of sp³-hybridized carbons (Fsp3) is 0.188. The molecule has 0 amide bonds. The van der Waals surface area contributed by atoms with Gasteiger partial charge in [0.25, 0.3) is 0 Å². The van der Waals surface area contributed by atoms with Crippen LogP contribution in [0.15, 0.2) is 48.5 Å². The van der Waals surface area contributed by atoms with E-state index in [1.54, 1.807) is 0 Å². The molecule has 0 atom stereocenters. The van der Waals surface area contributed by atoms with Crippen molar-refractivity contribution in [3.8, 4) is 6.07 Å². The molecule has 2 aromatic carbocycles. The summed E-state index contributed by atoms with van der Waals surface area (Å²) in [5.74, 6) is 0.498. The maximum Gasteiger partial charge on any atom is 0.101 e. The molecular weight excluding hydrogens is 220 g/mol. The Morgan fingerprint density at radius 3 is 2.56 bits per heavy atom. The minimum atomic E-state index is 0.498. The number of nitriles is 1. The standard InChI is InChI=1S/C16H16N2/c1-12(2)13-7-5-8-15(10-13)18-16-9-4-3-6-14(16)11-17/h3-10,12,18H,1-2H3. The van der Waals surface area contributed by atoms with Gasteiger partial charge < -0.3 is 5.32 Å². The van der Waals surface area contributed by atoms with Gasteiger partial charge in [0, 0.05) is 5.69 Å². The van der Waals surface area contributed by atoms with Crippen LogP contribution < -0.4 is 5.32 Å². The number of nitrogens with zero attached hydrogens (tertiary/aromatic N) is 1. The van der Waals surface area contributed by atoms with Crippen molar-refractivity contribution in [1.82, 2.24) is 0 Å². The van der Waals surface area contributed by atoms with Gasteiger partial charge in [-0.2, -0.15) is 5.26 Å². The lowest BCUT2D eigenvalue weighted by molar-refractivity contribution is 0.867. The third-order valence-electron chi connectivity index (χ3n) is 2.88. The maximum absolute atomic E-state index is 9.05. The van der Waals surface area contributed by atoms with Crippen molar-refractivity contribution >= 4 is 11.4 Å². The van der Waals surface area contributed by atoms with E-state index in [1.165, 1.54) is 5.56 Å². The molecular formula is C16H16N2. The van der Waals surface area contributed by atoms with Crippen LogP contribution in [0.2, 0.25) is 0 Å². The molecule has 0 aromatic heterocycles. The zero-order valence-electron chi connectivity index (χ0n) is 10.6. The van der Waals surface area contributed by atoms with E-state index in [2.05, 4.69) is 37.4 Å². The Morgan fingerprint density at radius 1 is 1.06 bits per heavy atom. The van der Waals surface area contributed by atoms with Crippen LogP contribution in [0, 0.1) is 11.3 Å². The smallest absolute Gasteiger partial charge is 0.101 e. The lowest BCUT2D eigenvalue weighted by Crippen LogP contribution is -1.95. The van der Waals surface area contributed by atoms with Crippen molar-refractivity contribution in [1.29, 1.82) is 5.26 Å². The number of nitrogens with one attached hydrogen (secondary N) is 1. The molecule has 2 heteroatoms. The molecule has 2 nitrogen and oxygen atoms in total. The maximum atomic E-state index is 9.05. The summed E-state index contributed by atoms with van der Waals surface area (Å²) in [6.07, 6.45) is 0. The van der Waals surface area contributed by atoms with E-state index >= 15 is 0 Å². The fourth-order valence-corrected chi connectivity index (χ4v) is 1.82. The molecule has 18 heavy (non-hydrogen) atoms. The van der Waals surface area contributed by atoms with Crippen LogP contribution in [0.5, 0.6) is 0 Å². The van der Waals surface area contributed by atoms with Crippen LogP contribution in [-0.2, 0) is 0 Å². The van der Waals surface area contributed by atoms with E-state index in [4.69, 9.17) is 5.26 Å². The first-order chi connectivity index (χ1) is 8.70. The Hall–Kier alpha value is -2.27. The third kappa shape index (κ3) is 2.70. The van der Waals surface area contributed by atoms with Crippen molar-refractivity contribution in [3.63, 3.8) is 0 Å². The third-order valence-corrected chi connectivity index (χ3v) is 2.88. The van der Waals surface area contributed by atoms with Gasteiger partial charge >= 0.3 is 0 Å². The summed E-state index contributed by atoms with van der Waals surface area (Å²) in [6, 6.07) is 18.0. The second-order valence-electron chi connectivity index (χ2n) is 4.56. The average Bonchev–Trinajstić information content (AvgIpc) is 2.39. The molecule has 0 unspecified atom stereocenters. The SMILES string of the molecule is CC(C)c1cccc(Nc2ccccc2C#N)c1. The van der Waals surface area contributed by atoms with Gasteiger partial charge in [-0.3, -0.25) is 0 Å². The Kier molecular flexibility index (Phi) is 3.64. The quantitative estimate of drug-likeness (QED) is 0.856. The summed E-state index contributed by atoms with van der Waals surface area (Å²) in [6.45, 7) is 4.34. The summed E-state index contributed by atoms with van der Waals surface area (Å²) in [4.78, 5) is 0. The number of anilines is 2. The average molecular weight is 236 g/mol. The topological polar surface area (TPSA) is 35.8 Å². The Labute approximate surface area is 108 Å². The molecule has 0 spiro atoms. The second-order valence-corrected chi connectivity index (χ2v) is 4.56. The molecule has 0 aliphatic rings. The molecule has 0 fully saturated rings. The highest BCUT2D eigenvalue weighted by Gasteiger charge is 2.03. The minimum Gasteiger partial charge on any atom is -0.354 e. The Bertz CT molecular complexity index is 580. The van der Waals surface area contributed by atoms with E-state index in [9.17, 15) is 0 Å². The zero-order chi connectivity index (χ0) is 13.0. The number of hydrogen-bond acceptors (Lipinski definition) is 2. The number of para-hydroxylation sites is 1. The monoisotopic (exact) mass is 236 g/mol. The first-order valence-corrected chi connectivity index (χ1v) is 6.07. The predicted molar refractivity (Wildman–Crippen MR) is 75.0 cm³/mol. The van der Waals surface area contributed by atoms with Gasteiger partial charge in [0.1, 0.15) is 6.07 Å². The van der Waals surface area contributed by atoms with E-state index in [-0.39, 0.29) is 0 Å². The van der Waals surface area contributed by atoms with Gasteiger partial charge in [0.2, 0.25) is 0 Å². The van der Waals surface area contributed by atoms with Crippen molar-refractivity contribution in [3.05, 3.63) is 59.7 Å². The van der Waals surface area contributed by atoms with Crippen LogP contribution in [0.4, 0.5) is 11.4 Å². The van der Waals surface area contributed by atoms with E-state index in [1.807, 2.05) is 36.4 Å². The van der Waals surface area contributed by atoms with Gasteiger partial charge in [0.05, 0.1) is 11.3 Å². The van der Waals surface area contributed by atoms with Crippen molar-refractivity contribution < 1.29 is 0 Å². The van der Waals surface area contributed by atoms with Gasteiger partial charge in [-0.1, -0.05) is 38.1 Å². The minimum absolute atomic E-state index is 0.498. The molecule has 0 heterocycles. The van der Waals surface area contributed by atoms with Crippen LogP contribution in [0.25, 0.3) is 0 Å². The fourth-order valence-electron chi connectivity index (χ4n) is 1.82. The van der Waals surface area contributed by atoms with Crippen molar-refractivity contribution in [2.75, 3.05) is 5.32 Å². The van der Waals surface area contributed by atoms with Crippen molar-refractivity contribution in [2.45, 2.75) is 19.8 Å². The summed E-state index contributed by atoms with van der Waals surface area (Å²) in [5.41, 5.74) is 3.81. The molecule has 0 saturated carbocycles. The molecule has 2 rings (SSSR count). The van der Waals surface area contributed by atoms with Gasteiger partial charge in [-0.15, -0.1) is 0 Å². The molecule has 2 aromatic rings. The zero-order valence-corrected chi connectivity index (χ0v) is 10.6. The highest BCUT2D eigenvalue weighted by Crippen LogP contribution is 2.23. The first-order valence-electron chi connectivity index (χ1n) is 6.07. The van der Waals surface area contributed by atoms with Crippen molar-refractivity contribution in [2.24, 2.45) is 0 Å². The molecule has 90 valence electrons. The first kappa shape index (κ1) is 12.2. The summed E-state index contributed by atoms with van der Waals surface area (Å²) >= 11 is 0. The number of rotatable bonds is 3. The second kappa shape index (κ2) is 5.37. The highest BCUT2D eigenvalue weighted by molar-refractivity contribution is 5.66. The Balaban J connectivity index is 2.29. The molecule has 0 bridgehead atoms. The van der Waals surface area contributed by atoms with Gasteiger partial charge in [-0.05, 0) is 35.7 Å². The van der Waals surface area contributed by atoms with Gasteiger partial charge in [0.15, 0.2) is 0 Å². The molecule has 1 N–H and O–H groups in total. The van der Waals surface area contributed by atoms with Crippen LogP contribution in [-0.4, -0.2) is 0 Å². The van der Waals surface area contributed by atoms with E-state index in [0.717, 1.165) is 11.4 Å². The summed E-state index contributed by atoms with van der Waals surface area (Å²) < 4.78 is 0. The number of benzene rings is 2. The lowest BCUT2D eigenvalue weighted by Gasteiger charge is -2.11.